The highest BCUT2D eigenvalue weighted by Gasteiger charge is 2.31. The fraction of sp³-hybridized carbons (Fsp3) is 0.391. The van der Waals surface area contributed by atoms with Crippen molar-refractivity contribution in [2.75, 3.05) is 32.2 Å². The molecule has 0 amide bonds. The molecule has 7 nitrogen and oxygen atoms in total. The predicted molar refractivity (Wildman–Crippen MR) is 116 cm³/mol. The van der Waals surface area contributed by atoms with Gasteiger partial charge in [0.25, 0.3) is 6.41 Å². The van der Waals surface area contributed by atoms with E-state index in [0.717, 1.165) is 30.5 Å². The molecule has 0 aliphatic carbocycles. The summed E-state index contributed by atoms with van der Waals surface area (Å²) in [5, 5.41) is 4.36. The van der Waals surface area contributed by atoms with Crippen molar-refractivity contribution in [3.8, 4) is 17.1 Å². The summed E-state index contributed by atoms with van der Waals surface area (Å²) in [7, 11) is 2.83. The van der Waals surface area contributed by atoms with E-state index in [0.29, 0.717) is 31.7 Å². The Labute approximate surface area is 198 Å². The third kappa shape index (κ3) is 5.70. The number of anilines is 1. The van der Waals surface area contributed by atoms with Crippen LogP contribution in [0.2, 0.25) is 0 Å². The Kier molecular flexibility index (Phi) is 7.22. The Balaban J connectivity index is 1.48. The smallest absolute Gasteiger partial charge is 0.417 e. The first kappa shape index (κ1) is 24.9. The number of benzene rings is 1. The second-order valence-electron chi connectivity index (χ2n) is 7.96. The lowest BCUT2D eigenvalue weighted by Crippen LogP contribution is -2.39. The van der Waals surface area contributed by atoms with Crippen LogP contribution in [0.3, 0.4) is 0 Å². The first-order chi connectivity index (χ1) is 16.7. The van der Waals surface area contributed by atoms with E-state index in [9.17, 15) is 22.0 Å². The number of rotatable bonds is 7. The van der Waals surface area contributed by atoms with Crippen LogP contribution in [0.5, 0.6) is 5.88 Å². The number of nitrogens with zero attached hydrogens (tertiary/aromatic N) is 4. The third-order valence-electron chi connectivity index (χ3n) is 5.59. The molecule has 0 N–H and O–H groups in total. The number of halogens is 5. The molecule has 3 aromatic rings. The van der Waals surface area contributed by atoms with E-state index in [1.807, 2.05) is 4.90 Å². The monoisotopic (exact) mass is 498 g/mol. The van der Waals surface area contributed by atoms with Crippen molar-refractivity contribution in [3.63, 3.8) is 0 Å². The lowest BCUT2D eigenvalue weighted by Gasteiger charge is -2.33. The van der Waals surface area contributed by atoms with Crippen LogP contribution in [0.15, 0.2) is 42.6 Å². The Hall–Kier alpha value is -3.25. The molecule has 1 aromatic carbocycles. The molecule has 1 aliphatic heterocycles. The van der Waals surface area contributed by atoms with Gasteiger partial charge >= 0.3 is 6.18 Å². The van der Waals surface area contributed by atoms with Crippen molar-refractivity contribution in [2.45, 2.75) is 31.5 Å². The predicted octanol–water partition coefficient (Wildman–Crippen LogP) is 5.04. The molecular weight excluding hydrogens is 475 g/mol. The molecule has 1 aliphatic rings. The minimum absolute atomic E-state index is 0.222. The Bertz CT molecular complexity index is 1120. The van der Waals surface area contributed by atoms with Crippen LogP contribution in [0.4, 0.5) is 27.8 Å². The summed E-state index contributed by atoms with van der Waals surface area (Å²) in [6.07, 6.45) is -3.68. The highest BCUT2D eigenvalue weighted by Crippen LogP contribution is 2.32. The maximum atomic E-state index is 13.7. The lowest BCUT2D eigenvalue weighted by atomic mass is 10.1. The topological polar surface area (TPSA) is 61.6 Å². The number of piperidine rings is 1. The molecule has 12 heteroatoms. The zero-order chi connectivity index (χ0) is 25.2. The van der Waals surface area contributed by atoms with Crippen LogP contribution in [-0.4, -0.2) is 48.2 Å². The normalized spacial score (nSPS) is 15.1. The Morgan fingerprint density at radius 2 is 1.63 bits per heavy atom. The standard InChI is InChI=1S/C23H23F5N4O3/c1-33-22(34-2)32-21(12-19(30-32)14-9-16(24)11-17(25)10-14)35-18-5-7-31(8-6-18)20-4-3-15(13-29-20)23(26,27)28/h3-4,9-13,18,22H,5-8H2,1-2H3. The van der Waals surface area contributed by atoms with E-state index in [-0.39, 0.29) is 23.2 Å². The highest BCUT2D eigenvalue weighted by atomic mass is 19.4. The molecule has 0 bridgehead atoms. The molecular formula is C23H23F5N4O3. The SMILES string of the molecule is COC(OC)n1nc(-c2cc(F)cc(F)c2)cc1OC1CCN(c2ccc(C(F)(F)F)cn2)CC1. The van der Waals surface area contributed by atoms with Crippen LogP contribution in [-0.2, 0) is 15.7 Å². The highest BCUT2D eigenvalue weighted by molar-refractivity contribution is 5.60. The first-order valence-electron chi connectivity index (χ1n) is 10.7. The fourth-order valence-corrected chi connectivity index (χ4v) is 3.87. The summed E-state index contributed by atoms with van der Waals surface area (Å²) < 4.78 is 83.8. The number of pyridine rings is 1. The molecule has 0 unspecified atom stereocenters. The maximum absolute atomic E-state index is 13.7. The molecule has 2 aromatic heterocycles. The summed E-state index contributed by atoms with van der Waals surface area (Å²) in [5.74, 6) is -0.743. The number of hydrogen-bond acceptors (Lipinski definition) is 6. The van der Waals surface area contributed by atoms with Crippen LogP contribution in [0.1, 0.15) is 24.8 Å². The van der Waals surface area contributed by atoms with E-state index in [1.165, 1.54) is 25.0 Å². The molecule has 3 heterocycles. The molecule has 188 valence electrons. The lowest BCUT2D eigenvalue weighted by molar-refractivity contribution is -0.166. The van der Waals surface area contributed by atoms with Gasteiger partial charge in [0.15, 0.2) is 0 Å². The number of methoxy groups -OCH3 is 2. The van der Waals surface area contributed by atoms with Gasteiger partial charge < -0.3 is 19.1 Å². The van der Waals surface area contributed by atoms with Crippen molar-refractivity contribution >= 4 is 5.82 Å². The van der Waals surface area contributed by atoms with E-state index >= 15 is 0 Å². The van der Waals surface area contributed by atoms with Gasteiger partial charge in [0.2, 0.25) is 5.88 Å². The van der Waals surface area contributed by atoms with Gasteiger partial charge in [0.05, 0.1) is 11.3 Å². The van der Waals surface area contributed by atoms with Crippen LogP contribution in [0.25, 0.3) is 11.3 Å². The molecule has 4 rings (SSSR count). The third-order valence-corrected chi connectivity index (χ3v) is 5.59. The quantitative estimate of drug-likeness (QED) is 0.336. The summed E-state index contributed by atoms with van der Waals surface area (Å²) in [6, 6.07) is 6.99. The number of ether oxygens (including phenoxy) is 3. The van der Waals surface area contributed by atoms with Crippen molar-refractivity contribution in [1.82, 2.24) is 14.8 Å². The fourth-order valence-electron chi connectivity index (χ4n) is 3.87. The summed E-state index contributed by atoms with van der Waals surface area (Å²) in [5.41, 5.74) is -0.309. The summed E-state index contributed by atoms with van der Waals surface area (Å²) in [6.45, 7) is 1.02. The summed E-state index contributed by atoms with van der Waals surface area (Å²) in [4.78, 5) is 5.83. The Morgan fingerprint density at radius 1 is 0.971 bits per heavy atom. The molecule has 0 saturated carbocycles. The molecule has 0 atom stereocenters. The second-order valence-corrected chi connectivity index (χ2v) is 7.96. The average Bonchev–Trinajstić information content (AvgIpc) is 3.23. The molecule has 0 radical (unpaired) electrons. The van der Waals surface area contributed by atoms with Crippen molar-refractivity contribution in [2.24, 2.45) is 0 Å². The van der Waals surface area contributed by atoms with E-state index in [2.05, 4.69) is 10.1 Å². The Morgan fingerprint density at radius 3 is 2.17 bits per heavy atom. The van der Waals surface area contributed by atoms with Gasteiger partial charge in [-0.25, -0.2) is 13.8 Å². The molecule has 1 fully saturated rings. The van der Waals surface area contributed by atoms with Crippen LogP contribution in [0, 0.1) is 11.6 Å². The van der Waals surface area contributed by atoms with Gasteiger partial charge in [0, 0.05) is 64.0 Å². The largest absolute Gasteiger partial charge is 0.474 e. The van der Waals surface area contributed by atoms with Crippen LogP contribution < -0.4 is 9.64 Å². The maximum Gasteiger partial charge on any atom is 0.417 e. The van der Waals surface area contributed by atoms with Gasteiger partial charge in [-0.2, -0.15) is 23.0 Å². The van der Waals surface area contributed by atoms with Gasteiger partial charge in [-0.1, -0.05) is 0 Å². The van der Waals surface area contributed by atoms with Gasteiger partial charge in [-0.3, -0.25) is 0 Å². The minimum Gasteiger partial charge on any atom is -0.474 e. The molecule has 1 saturated heterocycles. The summed E-state index contributed by atoms with van der Waals surface area (Å²) >= 11 is 0. The van der Waals surface area contributed by atoms with Crippen molar-refractivity contribution in [1.29, 1.82) is 0 Å². The number of aromatic nitrogens is 3. The van der Waals surface area contributed by atoms with E-state index < -0.39 is 29.8 Å². The zero-order valence-electron chi connectivity index (χ0n) is 18.9. The van der Waals surface area contributed by atoms with Gasteiger partial charge in [-0.05, 0) is 24.3 Å². The van der Waals surface area contributed by atoms with Crippen molar-refractivity contribution < 1.29 is 36.2 Å². The second kappa shape index (κ2) is 10.2. The zero-order valence-corrected chi connectivity index (χ0v) is 18.9. The van der Waals surface area contributed by atoms with Gasteiger partial charge in [-0.15, -0.1) is 0 Å². The van der Waals surface area contributed by atoms with Gasteiger partial charge in [0.1, 0.15) is 23.6 Å². The van der Waals surface area contributed by atoms with Crippen molar-refractivity contribution in [3.05, 3.63) is 59.8 Å². The first-order valence-corrected chi connectivity index (χ1v) is 10.7. The van der Waals surface area contributed by atoms with E-state index in [1.54, 1.807) is 6.07 Å². The van der Waals surface area contributed by atoms with Crippen LogP contribution >= 0.6 is 0 Å². The number of alkyl halides is 3. The average molecular weight is 498 g/mol. The molecule has 0 spiro atoms. The molecule has 35 heavy (non-hydrogen) atoms. The number of hydrogen-bond donors (Lipinski definition) is 0. The van der Waals surface area contributed by atoms with E-state index in [4.69, 9.17) is 14.2 Å². The minimum atomic E-state index is -4.44.